The summed E-state index contributed by atoms with van der Waals surface area (Å²) in [6.45, 7) is 2.36. The highest BCUT2D eigenvalue weighted by Gasteiger charge is 2.20. The van der Waals surface area contributed by atoms with Crippen molar-refractivity contribution in [2.45, 2.75) is 32.8 Å². The number of hydrogen-bond acceptors (Lipinski definition) is 6. The minimum absolute atomic E-state index is 0.219. The molecule has 0 bridgehead atoms. The molecule has 0 aliphatic carbocycles. The molecular formula is C25H21BrN4O2S. The highest BCUT2D eigenvalue weighted by Crippen LogP contribution is 2.42. The largest absolute Gasteiger partial charge is 0.484 e. The maximum atomic E-state index is 13.2. The number of ketones is 1. The average Bonchev–Trinajstić information content (AvgIpc) is 3.50. The van der Waals surface area contributed by atoms with E-state index in [1.807, 2.05) is 24.3 Å². The third-order valence-corrected chi connectivity index (χ3v) is 7.60. The van der Waals surface area contributed by atoms with Crippen LogP contribution in [0.3, 0.4) is 0 Å². The van der Waals surface area contributed by atoms with Crippen LogP contribution in [-0.2, 0) is 6.61 Å². The molecule has 6 nitrogen and oxygen atoms in total. The highest BCUT2D eigenvalue weighted by atomic mass is 79.9. The lowest BCUT2D eigenvalue weighted by Crippen LogP contribution is -2.00. The van der Waals surface area contributed by atoms with Crippen LogP contribution in [0, 0.1) is 0 Å². The summed E-state index contributed by atoms with van der Waals surface area (Å²) < 4.78 is 7.88. The maximum absolute atomic E-state index is 13.2. The number of nitrogens with one attached hydrogen (secondary N) is 1. The van der Waals surface area contributed by atoms with Gasteiger partial charge >= 0.3 is 0 Å². The molecule has 0 saturated carbocycles. The predicted octanol–water partition coefficient (Wildman–Crippen LogP) is 6.95. The molecule has 0 unspecified atom stereocenters. The standard InChI is InChI=1S/C25H21BrN4O2S/c1-2-3-7-19(31)23-18-6-4-5-8-21(18)33-25(23)16-9-11-17-15(13-16)10-12-20(24(17)26)32-14-22-27-29-30-28-22/h4-6,8-13H,2-3,7,14H2,1H3,(H,27,28,29,30). The van der Waals surface area contributed by atoms with Gasteiger partial charge in [-0.15, -0.1) is 16.4 Å². The number of H-pyrrole nitrogens is 1. The fourth-order valence-corrected chi connectivity index (χ4v) is 5.72. The number of rotatable bonds is 8. The SMILES string of the molecule is CCCCC(=O)c1c(-c2ccc3c(Br)c(OCc4nnn[nH]4)ccc3c2)sc2ccccc12. The molecule has 3 aromatic carbocycles. The Morgan fingerprint density at radius 2 is 2.00 bits per heavy atom. The molecule has 5 rings (SSSR count). The number of ether oxygens (including phenoxy) is 1. The van der Waals surface area contributed by atoms with Gasteiger partial charge in [-0.05, 0) is 67.3 Å². The van der Waals surface area contributed by atoms with E-state index < -0.39 is 0 Å². The Morgan fingerprint density at radius 1 is 1.12 bits per heavy atom. The summed E-state index contributed by atoms with van der Waals surface area (Å²) >= 11 is 5.36. The molecule has 0 aliphatic rings. The Morgan fingerprint density at radius 3 is 2.82 bits per heavy atom. The van der Waals surface area contributed by atoms with Gasteiger partial charge in [-0.1, -0.05) is 49.7 Å². The van der Waals surface area contributed by atoms with Crippen molar-refractivity contribution in [3.63, 3.8) is 0 Å². The van der Waals surface area contributed by atoms with Crippen molar-refractivity contribution in [2.24, 2.45) is 0 Å². The second-order valence-electron chi connectivity index (χ2n) is 7.78. The van der Waals surface area contributed by atoms with Crippen molar-refractivity contribution in [3.05, 3.63) is 70.5 Å². The molecule has 8 heteroatoms. The number of hydrogen-bond donors (Lipinski definition) is 1. The number of aromatic nitrogens is 4. The quantitative estimate of drug-likeness (QED) is 0.224. The Kier molecular flexibility index (Phi) is 6.20. The van der Waals surface area contributed by atoms with Crippen LogP contribution in [0.1, 0.15) is 42.4 Å². The summed E-state index contributed by atoms with van der Waals surface area (Å²) in [7, 11) is 0. The van der Waals surface area contributed by atoms with E-state index in [4.69, 9.17) is 4.74 Å². The van der Waals surface area contributed by atoms with Gasteiger partial charge in [-0.25, -0.2) is 5.10 Å². The second-order valence-corrected chi connectivity index (χ2v) is 9.62. The number of Topliss-reactive ketones (excluding diaryl/α,β-unsaturated/α-hetero) is 1. The van der Waals surface area contributed by atoms with Crippen molar-refractivity contribution in [1.29, 1.82) is 0 Å². The summed E-state index contributed by atoms with van der Waals surface area (Å²) in [5, 5.41) is 16.8. The third-order valence-electron chi connectivity index (χ3n) is 5.57. The lowest BCUT2D eigenvalue weighted by Gasteiger charge is -2.11. The number of aromatic amines is 1. The third kappa shape index (κ3) is 4.28. The first kappa shape index (κ1) is 21.7. The fraction of sp³-hybridized carbons (Fsp3) is 0.200. The maximum Gasteiger partial charge on any atom is 0.186 e. The molecule has 0 amide bonds. The molecule has 0 saturated heterocycles. The first-order valence-corrected chi connectivity index (χ1v) is 12.4. The van der Waals surface area contributed by atoms with Gasteiger partial charge in [0.2, 0.25) is 0 Å². The molecule has 0 fully saturated rings. The van der Waals surface area contributed by atoms with E-state index in [1.54, 1.807) is 11.3 Å². The van der Waals surface area contributed by atoms with Crippen molar-refractivity contribution in [1.82, 2.24) is 20.6 Å². The molecule has 0 radical (unpaired) electrons. The molecule has 2 aromatic heterocycles. The van der Waals surface area contributed by atoms with Gasteiger partial charge in [0.15, 0.2) is 11.6 Å². The zero-order valence-electron chi connectivity index (χ0n) is 18.0. The van der Waals surface area contributed by atoms with Crippen molar-refractivity contribution in [3.8, 4) is 16.2 Å². The van der Waals surface area contributed by atoms with E-state index in [0.717, 1.165) is 54.2 Å². The number of nitrogens with zero attached hydrogens (tertiary/aromatic N) is 3. The van der Waals surface area contributed by atoms with Crippen LogP contribution in [-0.4, -0.2) is 26.4 Å². The van der Waals surface area contributed by atoms with E-state index >= 15 is 0 Å². The van der Waals surface area contributed by atoms with Crippen molar-refractivity contribution in [2.75, 3.05) is 0 Å². The van der Waals surface area contributed by atoms with Gasteiger partial charge < -0.3 is 4.74 Å². The van der Waals surface area contributed by atoms with Gasteiger partial charge in [0.05, 0.1) is 4.47 Å². The zero-order valence-corrected chi connectivity index (χ0v) is 20.4. The lowest BCUT2D eigenvalue weighted by molar-refractivity contribution is 0.0982. The summed E-state index contributed by atoms with van der Waals surface area (Å²) in [6.07, 6.45) is 2.48. The van der Waals surface area contributed by atoms with Gasteiger partial charge in [0.1, 0.15) is 12.4 Å². The van der Waals surface area contributed by atoms with Crippen molar-refractivity contribution < 1.29 is 9.53 Å². The predicted molar refractivity (Wildman–Crippen MR) is 135 cm³/mol. The van der Waals surface area contributed by atoms with Crippen LogP contribution < -0.4 is 4.74 Å². The number of fused-ring (bicyclic) bond motifs is 2. The van der Waals surface area contributed by atoms with Gasteiger partial charge in [-0.2, -0.15) is 0 Å². The summed E-state index contributed by atoms with van der Waals surface area (Å²) in [4.78, 5) is 14.2. The normalized spacial score (nSPS) is 11.3. The van der Waals surface area contributed by atoms with Gasteiger partial charge in [-0.3, -0.25) is 4.79 Å². The fourth-order valence-electron chi connectivity index (χ4n) is 3.90. The minimum atomic E-state index is 0.219. The number of carbonyl (C=O) groups excluding carboxylic acids is 1. The Bertz CT molecular complexity index is 1450. The van der Waals surface area contributed by atoms with Crippen LogP contribution in [0.15, 0.2) is 59.1 Å². The number of tetrazole rings is 1. The first-order valence-electron chi connectivity index (χ1n) is 10.8. The second kappa shape index (κ2) is 9.41. The van der Waals surface area contributed by atoms with E-state index in [2.05, 4.69) is 73.8 Å². The summed E-state index contributed by atoms with van der Waals surface area (Å²) in [5.41, 5.74) is 1.90. The minimum Gasteiger partial charge on any atom is -0.484 e. The number of thiophene rings is 1. The molecule has 0 spiro atoms. The summed E-state index contributed by atoms with van der Waals surface area (Å²) in [6, 6.07) is 18.4. The smallest absolute Gasteiger partial charge is 0.186 e. The summed E-state index contributed by atoms with van der Waals surface area (Å²) in [5.74, 6) is 1.49. The van der Waals surface area contributed by atoms with Crippen LogP contribution >= 0.6 is 27.3 Å². The zero-order chi connectivity index (χ0) is 22.8. The molecule has 1 N–H and O–H groups in total. The lowest BCUT2D eigenvalue weighted by atomic mass is 9.98. The average molecular weight is 521 g/mol. The number of carbonyl (C=O) groups is 1. The molecular weight excluding hydrogens is 500 g/mol. The number of unbranched alkanes of at least 4 members (excludes halogenated alkanes) is 1. The highest BCUT2D eigenvalue weighted by molar-refractivity contribution is 9.10. The molecule has 166 valence electrons. The molecule has 5 aromatic rings. The van der Waals surface area contributed by atoms with E-state index in [1.165, 1.54) is 0 Å². The van der Waals surface area contributed by atoms with Crippen LogP contribution in [0.2, 0.25) is 0 Å². The Balaban J connectivity index is 1.54. The van der Waals surface area contributed by atoms with Crippen LogP contribution in [0.4, 0.5) is 0 Å². The number of benzene rings is 3. The van der Waals surface area contributed by atoms with Gasteiger partial charge in [0.25, 0.3) is 0 Å². The van der Waals surface area contributed by atoms with Gasteiger partial charge in [0, 0.05) is 26.9 Å². The molecule has 0 atom stereocenters. The van der Waals surface area contributed by atoms with E-state index in [-0.39, 0.29) is 12.4 Å². The van der Waals surface area contributed by atoms with Crippen molar-refractivity contribution >= 4 is 53.9 Å². The molecule has 33 heavy (non-hydrogen) atoms. The molecule has 2 heterocycles. The Hall–Kier alpha value is -3.10. The Labute approximate surface area is 203 Å². The molecule has 0 aliphatic heterocycles. The monoisotopic (exact) mass is 520 g/mol. The van der Waals surface area contributed by atoms with Crippen LogP contribution in [0.25, 0.3) is 31.3 Å². The van der Waals surface area contributed by atoms with E-state index in [9.17, 15) is 4.79 Å². The topological polar surface area (TPSA) is 80.8 Å². The number of halogens is 1. The van der Waals surface area contributed by atoms with Crippen LogP contribution in [0.5, 0.6) is 5.75 Å². The van der Waals surface area contributed by atoms with E-state index in [0.29, 0.717) is 18.0 Å². The first-order chi connectivity index (χ1) is 16.2.